The Labute approximate surface area is 113 Å². The second-order valence-corrected chi connectivity index (χ2v) is 4.91. The Morgan fingerprint density at radius 2 is 2.20 bits per heavy atom. The number of hydrogen-bond donors (Lipinski definition) is 2. The maximum Gasteiger partial charge on any atom is 0.694 e. The molecular formula is C10H14N4O5P+. The number of imidazole rings is 1. The van der Waals surface area contributed by atoms with Crippen LogP contribution in [0.25, 0.3) is 11.2 Å². The molecule has 2 aromatic heterocycles. The molecule has 2 heterocycles. The molecule has 0 amide bonds. The molecule has 0 aliphatic rings. The third-order valence-electron chi connectivity index (χ3n) is 2.89. The molecule has 0 saturated heterocycles. The summed E-state index contributed by atoms with van der Waals surface area (Å²) in [6.07, 6.45) is 2.32. The zero-order valence-corrected chi connectivity index (χ0v) is 11.7. The summed E-state index contributed by atoms with van der Waals surface area (Å²) in [6.45, 7) is 0.319. The molecule has 0 aliphatic carbocycles. The van der Waals surface area contributed by atoms with Gasteiger partial charge >= 0.3 is 13.9 Å². The minimum Gasteiger partial charge on any atom is -0.339 e. The Bertz CT molecular complexity index is 746. The molecule has 0 spiro atoms. The van der Waals surface area contributed by atoms with Crippen LogP contribution in [0, 0.1) is 0 Å². The van der Waals surface area contributed by atoms with Gasteiger partial charge in [0.15, 0.2) is 5.65 Å². The lowest BCUT2D eigenvalue weighted by atomic mass is 10.3. The molecule has 0 aromatic carbocycles. The van der Waals surface area contributed by atoms with Crippen molar-refractivity contribution in [3.8, 4) is 0 Å². The molecule has 0 bridgehead atoms. The van der Waals surface area contributed by atoms with E-state index in [-0.39, 0.29) is 18.7 Å². The number of hydrogen-bond acceptors (Lipinski definition) is 5. The smallest absolute Gasteiger partial charge is 0.339 e. The minimum absolute atomic E-state index is 0.104. The molecule has 0 fully saturated rings. The van der Waals surface area contributed by atoms with E-state index >= 15 is 0 Å². The lowest BCUT2D eigenvalue weighted by Gasteiger charge is -2.06. The molecule has 1 unspecified atom stereocenters. The quantitative estimate of drug-likeness (QED) is 0.566. The topological polar surface area (TPSA) is 119 Å². The monoisotopic (exact) mass is 301 g/mol. The summed E-state index contributed by atoms with van der Waals surface area (Å²) < 4.78 is 17.2. The summed E-state index contributed by atoms with van der Waals surface area (Å²) in [5.41, 5.74) is -0.267. The van der Waals surface area contributed by atoms with Gasteiger partial charge in [0.25, 0.3) is 5.56 Å². The van der Waals surface area contributed by atoms with Gasteiger partial charge in [0, 0.05) is 18.2 Å². The van der Waals surface area contributed by atoms with Crippen LogP contribution in [0.5, 0.6) is 0 Å². The third kappa shape index (κ3) is 2.84. The summed E-state index contributed by atoms with van der Waals surface area (Å²) in [5, 5.41) is 0. The Morgan fingerprint density at radius 3 is 2.90 bits per heavy atom. The first-order valence-corrected chi connectivity index (χ1v) is 7.07. The Kier molecular flexibility index (Phi) is 4.43. The van der Waals surface area contributed by atoms with Crippen molar-refractivity contribution in [1.29, 1.82) is 0 Å². The van der Waals surface area contributed by atoms with Crippen LogP contribution in [0.4, 0.5) is 0 Å². The predicted molar refractivity (Wildman–Crippen MR) is 70.6 cm³/mol. The highest BCUT2D eigenvalue weighted by molar-refractivity contribution is 7.32. The zero-order chi connectivity index (χ0) is 14.7. The largest absolute Gasteiger partial charge is 0.694 e. The molecule has 0 aliphatic heterocycles. The summed E-state index contributed by atoms with van der Waals surface area (Å²) in [6, 6.07) is 0. The molecular weight excluding hydrogens is 287 g/mol. The first-order chi connectivity index (χ1) is 9.52. The molecule has 20 heavy (non-hydrogen) atoms. The summed E-state index contributed by atoms with van der Waals surface area (Å²) in [4.78, 5) is 39.2. The van der Waals surface area contributed by atoms with E-state index in [0.29, 0.717) is 18.5 Å². The Morgan fingerprint density at radius 1 is 1.45 bits per heavy atom. The van der Waals surface area contributed by atoms with Gasteiger partial charge in [-0.2, -0.15) is 0 Å². The van der Waals surface area contributed by atoms with Crippen LogP contribution in [0.1, 0.15) is 12.8 Å². The molecule has 10 heteroatoms. The average molecular weight is 301 g/mol. The van der Waals surface area contributed by atoms with Gasteiger partial charge < -0.3 is 4.98 Å². The van der Waals surface area contributed by atoms with Gasteiger partial charge in [-0.15, -0.1) is 9.42 Å². The summed E-state index contributed by atoms with van der Waals surface area (Å²) >= 11 is 0. The zero-order valence-electron chi connectivity index (χ0n) is 10.8. The average Bonchev–Trinajstić information content (AvgIpc) is 2.88. The Balaban J connectivity index is 2.16. The van der Waals surface area contributed by atoms with Crippen LogP contribution < -0.4 is 11.2 Å². The SMILES string of the molecule is Cn1c(=O)n(CCCCO[P+](=O)O)c(=O)c2[nH]cnc21. The van der Waals surface area contributed by atoms with Gasteiger partial charge in [0.2, 0.25) is 0 Å². The fraction of sp³-hybridized carbons (Fsp3) is 0.500. The maximum absolute atomic E-state index is 12.1. The van der Waals surface area contributed by atoms with E-state index in [2.05, 4.69) is 14.5 Å². The minimum atomic E-state index is -2.60. The van der Waals surface area contributed by atoms with Crippen molar-refractivity contribution in [3.63, 3.8) is 0 Å². The maximum atomic E-state index is 12.1. The van der Waals surface area contributed by atoms with Gasteiger partial charge in [-0.3, -0.25) is 13.9 Å². The third-order valence-corrected chi connectivity index (χ3v) is 3.30. The molecule has 0 radical (unpaired) electrons. The lowest BCUT2D eigenvalue weighted by molar-refractivity contribution is 0.272. The molecule has 2 N–H and O–H groups in total. The van der Waals surface area contributed by atoms with E-state index < -0.39 is 19.5 Å². The van der Waals surface area contributed by atoms with Crippen molar-refractivity contribution in [1.82, 2.24) is 19.1 Å². The van der Waals surface area contributed by atoms with Crippen molar-refractivity contribution in [2.45, 2.75) is 19.4 Å². The number of nitrogens with one attached hydrogen (secondary N) is 1. The van der Waals surface area contributed by atoms with Gasteiger partial charge in [-0.1, -0.05) is 0 Å². The van der Waals surface area contributed by atoms with E-state index in [9.17, 15) is 14.2 Å². The fourth-order valence-corrected chi connectivity index (χ4v) is 2.19. The summed E-state index contributed by atoms with van der Waals surface area (Å²) in [5.74, 6) is 0. The normalized spacial score (nSPS) is 12.0. The van der Waals surface area contributed by atoms with E-state index in [1.165, 1.54) is 10.9 Å². The van der Waals surface area contributed by atoms with Crippen LogP contribution in [0.2, 0.25) is 0 Å². The molecule has 2 aromatic rings. The van der Waals surface area contributed by atoms with Crippen LogP contribution in [0.15, 0.2) is 15.9 Å². The van der Waals surface area contributed by atoms with E-state index in [1.807, 2.05) is 0 Å². The number of fused-ring (bicyclic) bond motifs is 1. The first kappa shape index (κ1) is 14.6. The number of aromatic amines is 1. The van der Waals surface area contributed by atoms with E-state index in [4.69, 9.17) is 4.89 Å². The molecule has 108 valence electrons. The number of rotatable bonds is 6. The van der Waals surface area contributed by atoms with Crippen molar-refractivity contribution in [3.05, 3.63) is 27.2 Å². The highest BCUT2D eigenvalue weighted by atomic mass is 31.1. The molecule has 0 saturated carbocycles. The second kappa shape index (κ2) is 6.08. The van der Waals surface area contributed by atoms with Gasteiger partial charge in [0.05, 0.1) is 6.33 Å². The van der Waals surface area contributed by atoms with Crippen LogP contribution in [-0.4, -0.2) is 30.6 Å². The Hall–Kier alpha value is -1.83. The number of aromatic nitrogens is 4. The first-order valence-electron chi connectivity index (χ1n) is 5.94. The molecule has 2 rings (SSSR count). The van der Waals surface area contributed by atoms with Gasteiger partial charge in [0.1, 0.15) is 12.1 Å². The van der Waals surface area contributed by atoms with E-state index in [1.54, 1.807) is 7.05 Å². The fourth-order valence-electron chi connectivity index (χ4n) is 1.90. The van der Waals surface area contributed by atoms with Crippen molar-refractivity contribution >= 4 is 19.4 Å². The number of nitrogens with zero attached hydrogens (tertiary/aromatic N) is 3. The molecule has 1 atom stereocenters. The number of aryl methyl sites for hydroxylation is 1. The summed E-state index contributed by atoms with van der Waals surface area (Å²) in [7, 11) is -1.06. The second-order valence-electron chi connectivity index (χ2n) is 4.18. The van der Waals surface area contributed by atoms with Crippen LogP contribution >= 0.6 is 8.25 Å². The lowest BCUT2D eigenvalue weighted by Crippen LogP contribution is -2.39. The van der Waals surface area contributed by atoms with Crippen LogP contribution in [-0.2, 0) is 22.7 Å². The number of unbranched alkanes of at least 4 members (excludes halogenated alkanes) is 1. The standard InChI is InChI=1S/C10H13N4O5P/c1-13-8-7(11-6-12-8)9(15)14(10(13)16)4-2-3-5-19-20(17)18/h6H,2-5H2,1H3,(H-,11,12,15,17,18)/p+1. The van der Waals surface area contributed by atoms with Crippen molar-refractivity contribution in [2.24, 2.45) is 7.05 Å². The van der Waals surface area contributed by atoms with Crippen LogP contribution in [0.3, 0.4) is 0 Å². The highest BCUT2D eigenvalue weighted by Gasteiger charge is 2.13. The van der Waals surface area contributed by atoms with Crippen molar-refractivity contribution < 1.29 is 14.0 Å². The van der Waals surface area contributed by atoms with Crippen molar-refractivity contribution in [2.75, 3.05) is 6.61 Å². The van der Waals surface area contributed by atoms with Gasteiger partial charge in [-0.25, -0.2) is 9.78 Å². The predicted octanol–water partition coefficient (Wildman–Crippen LogP) is -0.130. The van der Waals surface area contributed by atoms with E-state index in [0.717, 1.165) is 4.57 Å². The highest BCUT2D eigenvalue weighted by Crippen LogP contribution is 2.14. The molecule has 9 nitrogen and oxygen atoms in total. The van der Waals surface area contributed by atoms with Gasteiger partial charge in [-0.05, 0) is 12.8 Å². The number of H-pyrrole nitrogens is 1.